The molecule has 0 amide bonds. The number of aromatic nitrogens is 4. The van der Waals surface area contributed by atoms with Gasteiger partial charge >= 0.3 is 0 Å². The maximum absolute atomic E-state index is 9.54. The predicted octanol–water partition coefficient (Wildman–Crippen LogP) is 2.46. The SMILES string of the molecule is NC[C@H]1C[C@H](n2cc(-c3cnc4cc(N5CC(O)C5)ccc4n3)c(C3CC3)n2)C1. The maximum atomic E-state index is 9.54. The standard InChI is InChI=1S/C22H26N6O/c23-8-13-5-16(6-13)28-12-18(22(26-28)14-1-2-14)21-9-24-20-7-15(3-4-19(20)25-21)27-10-17(29)11-27/h3-4,7,9,12-14,16-17,29H,1-2,5-6,8,10-11,23H2/t13-,16-. The van der Waals surface area contributed by atoms with Crippen LogP contribution in [0.1, 0.15) is 43.3 Å². The van der Waals surface area contributed by atoms with Crippen LogP contribution in [0.5, 0.6) is 0 Å². The average molecular weight is 390 g/mol. The number of β-amino-alcohol motifs (C(OH)–C–C–N with tert-alkyl or cyclic N) is 1. The third-order valence-corrected chi connectivity index (χ3v) is 6.67. The summed E-state index contributed by atoms with van der Waals surface area (Å²) in [6, 6.07) is 6.63. The number of nitrogens with two attached hydrogens (primary N) is 1. The first-order chi connectivity index (χ1) is 14.2. The van der Waals surface area contributed by atoms with E-state index in [1.807, 2.05) is 12.3 Å². The number of fused-ring (bicyclic) bond motifs is 1. The first kappa shape index (κ1) is 17.4. The molecule has 3 aliphatic rings. The Labute approximate surface area is 169 Å². The van der Waals surface area contributed by atoms with Crippen molar-refractivity contribution in [3.63, 3.8) is 0 Å². The van der Waals surface area contributed by atoms with Gasteiger partial charge in [0.25, 0.3) is 0 Å². The summed E-state index contributed by atoms with van der Waals surface area (Å²) in [4.78, 5) is 11.8. The van der Waals surface area contributed by atoms with Crippen LogP contribution in [0, 0.1) is 5.92 Å². The van der Waals surface area contributed by atoms with Gasteiger partial charge in [-0.25, -0.2) is 4.98 Å². The summed E-state index contributed by atoms with van der Waals surface area (Å²) >= 11 is 0. The molecule has 1 aromatic carbocycles. The van der Waals surface area contributed by atoms with Gasteiger partial charge in [-0.3, -0.25) is 9.67 Å². The number of rotatable bonds is 5. The molecule has 3 aromatic rings. The second-order valence-corrected chi connectivity index (χ2v) is 8.90. The van der Waals surface area contributed by atoms with Crippen LogP contribution < -0.4 is 10.6 Å². The molecule has 2 aliphatic carbocycles. The van der Waals surface area contributed by atoms with Gasteiger partial charge in [-0.1, -0.05) is 0 Å². The van der Waals surface area contributed by atoms with Crippen molar-refractivity contribution < 1.29 is 5.11 Å². The highest BCUT2D eigenvalue weighted by atomic mass is 16.3. The van der Waals surface area contributed by atoms with Crippen LogP contribution in [0.4, 0.5) is 5.69 Å². The van der Waals surface area contributed by atoms with E-state index in [9.17, 15) is 5.11 Å². The minimum Gasteiger partial charge on any atom is -0.389 e. The molecule has 0 atom stereocenters. The average Bonchev–Trinajstić information content (AvgIpc) is 3.43. The largest absolute Gasteiger partial charge is 0.389 e. The molecule has 0 radical (unpaired) electrons. The molecule has 2 aromatic heterocycles. The quantitative estimate of drug-likeness (QED) is 0.695. The lowest BCUT2D eigenvalue weighted by atomic mass is 9.80. The molecule has 2 saturated carbocycles. The van der Waals surface area contributed by atoms with Crippen LogP contribution in [-0.4, -0.2) is 50.6 Å². The van der Waals surface area contributed by atoms with Crippen LogP contribution in [-0.2, 0) is 0 Å². The zero-order valence-corrected chi connectivity index (χ0v) is 16.4. The van der Waals surface area contributed by atoms with E-state index in [2.05, 4.69) is 27.9 Å². The molecule has 29 heavy (non-hydrogen) atoms. The molecule has 1 aliphatic heterocycles. The molecule has 1 saturated heterocycles. The smallest absolute Gasteiger partial charge is 0.0927 e. The van der Waals surface area contributed by atoms with Crippen molar-refractivity contribution in [2.45, 2.75) is 43.7 Å². The Morgan fingerprint density at radius 1 is 1.14 bits per heavy atom. The van der Waals surface area contributed by atoms with E-state index < -0.39 is 0 Å². The molecule has 0 spiro atoms. The third-order valence-electron chi connectivity index (χ3n) is 6.67. The van der Waals surface area contributed by atoms with Crippen molar-refractivity contribution in [2.75, 3.05) is 24.5 Å². The molecule has 7 heteroatoms. The van der Waals surface area contributed by atoms with Gasteiger partial charge in [0.05, 0.1) is 40.8 Å². The van der Waals surface area contributed by atoms with Gasteiger partial charge in [-0.15, -0.1) is 0 Å². The Bertz CT molecular complexity index is 1060. The molecule has 7 nitrogen and oxygen atoms in total. The number of hydrogen-bond donors (Lipinski definition) is 2. The van der Waals surface area contributed by atoms with Gasteiger partial charge in [0.1, 0.15) is 0 Å². The summed E-state index contributed by atoms with van der Waals surface area (Å²) in [6.45, 7) is 2.15. The number of anilines is 1. The summed E-state index contributed by atoms with van der Waals surface area (Å²) in [5, 5.41) is 14.5. The summed E-state index contributed by atoms with van der Waals surface area (Å²) in [6.07, 6.45) is 8.52. The Morgan fingerprint density at radius 3 is 2.69 bits per heavy atom. The Balaban J connectivity index is 1.32. The van der Waals surface area contributed by atoms with Gasteiger partial charge in [0.2, 0.25) is 0 Å². The van der Waals surface area contributed by atoms with Crippen molar-refractivity contribution in [2.24, 2.45) is 11.7 Å². The fourth-order valence-corrected chi connectivity index (χ4v) is 4.55. The number of nitrogens with zero attached hydrogens (tertiary/aromatic N) is 5. The van der Waals surface area contributed by atoms with Crippen LogP contribution >= 0.6 is 0 Å². The van der Waals surface area contributed by atoms with Gasteiger partial charge in [0.15, 0.2) is 0 Å². The van der Waals surface area contributed by atoms with Crippen molar-refractivity contribution >= 4 is 16.7 Å². The highest BCUT2D eigenvalue weighted by Crippen LogP contribution is 2.45. The topological polar surface area (TPSA) is 93.1 Å². The Hall–Kier alpha value is -2.51. The van der Waals surface area contributed by atoms with E-state index >= 15 is 0 Å². The van der Waals surface area contributed by atoms with Crippen molar-refractivity contribution in [1.82, 2.24) is 19.7 Å². The third kappa shape index (κ3) is 3.00. The Kier molecular flexibility index (Phi) is 3.89. The first-order valence-electron chi connectivity index (χ1n) is 10.7. The van der Waals surface area contributed by atoms with Gasteiger partial charge < -0.3 is 15.7 Å². The summed E-state index contributed by atoms with van der Waals surface area (Å²) in [5.41, 5.74) is 11.9. The number of aliphatic hydroxyl groups excluding tert-OH is 1. The van der Waals surface area contributed by atoms with E-state index in [1.165, 1.54) is 18.5 Å². The van der Waals surface area contributed by atoms with Crippen LogP contribution in [0.2, 0.25) is 0 Å². The molecule has 0 bridgehead atoms. The number of benzene rings is 1. The van der Waals surface area contributed by atoms with Crippen LogP contribution in [0.15, 0.2) is 30.6 Å². The molecule has 3 heterocycles. The molecule has 150 valence electrons. The highest BCUT2D eigenvalue weighted by Gasteiger charge is 2.34. The second kappa shape index (κ2) is 6.50. The van der Waals surface area contributed by atoms with Crippen molar-refractivity contribution in [3.8, 4) is 11.3 Å². The minimum atomic E-state index is -0.215. The maximum Gasteiger partial charge on any atom is 0.0927 e. The summed E-state index contributed by atoms with van der Waals surface area (Å²) < 4.78 is 2.15. The van der Waals surface area contributed by atoms with Gasteiger partial charge in [-0.2, -0.15) is 5.10 Å². The lowest BCUT2D eigenvalue weighted by Crippen LogP contribution is -2.50. The molecule has 3 N–H and O–H groups in total. The normalized spacial score (nSPS) is 24.6. The first-order valence-corrected chi connectivity index (χ1v) is 10.7. The van der Waals surface area contributed by atoms with E-state index in [-0.39, 0.29) is 6.10 Å². The zero-order valence-electron chi connectivity index (χ0n) is 16.4. The van der Waals surface area contributed by atoms with Crippen LogP contribution in [0.3, 0.4) is 0 Å². The summed E-state index contributed by atoms with van der Waals surface area (Å²) in [5.74, 6) is 1.20. The fourth-order valence-electron chi connectivity index (χ4n) is 4.55. The lowest BCUT2D eigenvalue weighted by molar-refractivity contribution is 0.142. The monoisotopic (exact) mass is 390 g/mol. The molecular weight excluding hydrogens is 364 g/mol. The van der Waals surface area contributed by atoms with Gasteiger partial charge in [0, 0.05) is 36.5 Å². The van der Waals surface area contributed by atoms with Crippen molar-refractivity contribution in [1.29, 1.82) is 0 Å². The number of aliphatic hydroxyl groups is 1. The predicted molar refractivity (Wildman–Crippen MR) is 112 cm³/mol. The zero-order chi connectivity index (χ0) is 19.5. The lowest BCUT2D eigenvalue weighted by Gasteiger charge is -2.37. The second-order valence-electron chi connectivity index (χ2n) is 8.90. The number of hydrogen-bond acceptors (Lipinski definition) is 6. The van der Waals surface area contributed by atoms with E-state index in [0.29, 0.717) is 31.0 Å². The molecular formula is C22H26N6O. The molecule has 3 fully saturated rings. The minimum absolute atomic E-state index is 0.215. The van der Waals surface area contributed by atoms with Crippen molar-refractivity contribution in [3.05, 3.63) is 36.3 Å². The van der Waals surface area contributed by atoms with Gasteiger partial charge in [-0.05, 0) is 56.3 Å². The van der Waals surface area contributed by atoms with Crippen LogP contribution in [0.25, 0.3) is 22.3 Å². The highest BCUT2D eigenvalue weighted by molar-refractivity contribution is 5.81. The molecule has 0 unspecified atom stereocenters. The van der Waals surface area contributed by atoms with E-state index in [0.717, 1.165) is 47.4 Å². The summed E-state index contributed by atoms with van der Waals surface area (Å²) in [7, 11) is 0. The fraction of sp³-hybridized carbons (Fsp3) is 0.500. The van der Waals surface area contributed by atoms with E-state index in [4.69, 9.17) is 20.8 Å². The Morgan fingerprint density at radius 2 is 1.97 bits per heavy atom. The van der Waals surface area contributed by atoms with E-state index in [1.54, 1.807) is 0 Å². The molecule has 6 rings (SSSR count).